The Balaban J connectivity index is 2.54. The lowest BCUT2D eigenvalue weighted by molar-refractivity contribution is -0.140. The highest BCUT2D eigenvalue weighted by molar-refractivity contribution is 7.80. The van der Waals surface area contributed by atoms with Gasteiger partial charge in [-0.15, -0.1) is 6.42 Å². The second kappa shape index (κ2) is 15.4. The molecule has 2 rings (SSSR count). The summed E-state index contributed by atoms with van der Waals surface area (Å²) in [6, 6.07) is 10.9. The van der Waals surface area contributed by atoms with E-state index in [-0.39, 0.29) is 11.7 Å². The smallest absolute Gasteiger partial charge is 0.408 e. The van der Waals surface area contributed by atoms with Gasteiger partial charge in [-0.25, -0.2) is 4.79 Å². The average molecular weight is 566 g/mol. The van der Waals surface area contributed by atoms with Crippen molar-refractivity contribution in [1.82, 2.24) is 10.2 Å². The van der Waals surface area contributed by atoms with Crippen LogP contribution in [0.15, 0.2) is 42.5 Å². The first-order chi connectivity index (χ1) is 18.9. The number of ether oxygens (including phenoxy) is 1. The first kappa shape index (κ1) is 32.8. The Kier molecular flexibility index (Phi) is 12.6. The Hall–Kier alpha value is -3.44. The summed E-state index contributed by atoms with van der Waals surface area (Å²) in [7, 11) is 0. The van der Waals surface area contributed by atoms with E-state index in [0.29, 0.717) is 29.8 Å². The van der Waals surface area contributed by atoms with E-state index >= 15 is 0 Å². The van der Waals surface area contributed by atoms with Crippen molar-refractivity contribution >= 4 is 36.2 Å². The van der Waals surface area contributed by atoms with Crippen molar-refractivity contribution in [1.29, 1.82) is 0 Å². The summed E-state index contributed by atoms with van der Waals surface area (Å²) in [6.07, 6.45) is 8.47. The number of benzene rings is 2. The van der Waals surface area contributed by atoms with Crippen LogP contribution >= 0.6 is 12.6 Å². The fourth-order valence-electron chi connectivity index (χ4n) is 4.35. The third-order valence-corrected chi connectivity index (χ3v) is 6.75. The standard InChI is InChI=1S/C32H43N3O4S/c1-8-10-11-12-20-35(30(37)26(21-40)33-31(38)39-32(5,6)7)28(25-18-16-24(9-2)17-19-25)29(36)34-27-22(3)14-13-15-23(27)4/h2,13-19,26,28,40H,8,10-12,20-21H2,1,3-7H3,(H,33,38)(H,34,36). The maximum absolute atomic E-state index is 14.1. The second-order valence-corrected chi connectivity index (χ2v) is 11.3. The summed E-state index contributed by atoms with van der Waals surface area (Å²) < 4.78 is 5.38. The number of unbranched alkanes of at least 4 members (excludes halogenated alkanes) is 3. The summed E-state index contributed by atoms with van der Waals surface area (Å²) in [5.41, 5.74) is 3.07. The molecule has 0 aliphatic rings. The fraction of sp³-hybridized carbons (Fsp3) is 0.469. The van der Waals surface area contributed by atoms with E-state index in [0.717, 1.165) is 30.4 Å². The molecule has 0 spiro atoms. The molecule has 0 bridgehead atoms. The molecule has 2 aromatic rings. The minimum Gasteiger partial charge on any atom is -0.444 e. The number of anilines is 1. The van der Waals surface area contributed by atoms with Crippen LogP contribution in [0.1, 0.15) is 81.7 Å². The molecular weight excluding hydrogens is 522 g/mol. The van der Waals surface area contributed by atoms with Gasteiger partial charge in [-0.05, 0) is 69.9 Å². The molecule has 40 heavy (non-hydrogen) atoms. The highest BCUT2D eigenvalue weighted by Crippen LogP contribution is 2.28. The fourth-order valence-corrected chi connectivity index (χ4v) is 4.60. The number of carbonyl (C=O) groups excluding carboxylic acids is 3. The summed E-state index contributed by atoms with van der Waals surface area (Å²) >= 11 is 4.36. The van der Waals surface area contributed by atoms with Gasteiger partial charge in [0.1, 0.15) is 17.7 Å². The van der Waals surface area contributed by atoms with Gasteiger partial charge in [-0.2, -0.15) is 12.6 Å². The molecule has 0 heterocycles. The number of amides is 3. The van der Waals surface area contributed by atoms with Gasteiger partial charge in [0.05, 0.1) is 0 Å². The lowest BCUT2D eigenvalue weighted by Gasteiger charge is -2.34. The molecule has 2 unspecified atom stereocenters. The number of para-hydroxylation sites is 1. The molecule has 0 aliphatic carbocycles. The van der Waals surface area contributed by atoms with Crippen molar-refractivity contribution in [2.45, 2.75) is 84.9 Å². The van der Waals surface area contributed by atoms with Crippen LogP contribution in [0.25, 0.3) is 0 Å². The molecule has 7 nitrogen and oxygen atoms in total. The lowest BCUT2D eigenvalue weighted by atomic mass is 10.00. The summed E-state index contributed by atoms with van der Waals surface area (Å²) in [6.45, 7) is 11.5. The maximum atomic E-state index is 14.1. The zero-order chi connectivity index (χ0) is 29.9. The molecule has 0 radical (unpaired) electrons. The average Bonchev–Trinajstić information content (AvgIpc) is 2.90. The Labute approximate surface area is 244 Å². The van der Waals surface area contributed by atoms with Gasteiger partial charge >= 0.3 is 6.09 Å². The molecule has 0 fully saturated rings. The van der Waals surface area contributed by atoms with Crippen LogP contribution in [-0.4, -0.2) is 46.7 Å². The predicted octanol–water partition coefficient (Wildman–Crippen LogP) is 6.20. The molecule has 2 aromatic carbocycles. The quantitative estimate of drug-likeness (QED) is 0.163. The number of nitrogens with one attached hydrogen (secondary N) is 2. The minimum atomic E-state index is -0.996. The van der Waals surface area contributed by atoms with Gasteiger partial charge in [0.2, 0.25) is 5.91 Å². The molecule has 0 aromatic heterocycles. The van der Waals surface area contributed by atoms with E-state index in [1.54, 1.807) is 49.9 Å². The van der Waals surface area contributed by atoms with E-state index in [1.807, 2.05) is 32.0 Å². The number of terminal acetylenes is 1. The molecule has 0 saturated heterocycles. The number of alkyl carbamates (subject to hydrolysis) is 1. The summed E-state index contributed by atoms with van der Waals surface area (Å²) in [4.78, 5) is 42.2. The summed E-state index contributed by atoms with van der Waals surface area (Å²) in [5.74, 6) is 1.85. The van der Waals surface area contributed by atoms with Gasteiger partial charge in [-0.1, -0.05) is 62.4 Å². The van der Waals surface area contributed by atoms with E-state index < -0.39 is 29.7 Å². The number of carbonyl (C=O) groups is 3. The molecule has 216 valence electrons. The van der Waals surface area contributed by atoms with Crippen molar-refractivity contribution in [3.63, 3.8) is 0 Å². The van der Waals surface area contributed by atoms with Gasteiger partial charge in [0.15, 0.2) is 0 Å². The number of aryl methyl sites for hydroxylation is 2. The van der Waals surface area contributed by atoms with E-state index in [4.69, 9.17) is 11.2 Å². The highest BCUT2D eigenvalue weighted by atomic mass is 32.1. The van der Waals surface area contributed by atoms with Crippen LogP contribution in [0.3, 0.4) is 0 Å². The molecule has 3 amide bonds. The predicted molar refractivity (Wildman–Crippen MR) is 165 cm³/mol. The molecular formula is C32H43N3O4S. The second-order valence-electron chi connectivity index (χ2n) is 10.9. The van der Waals surface area contributed by atoms with Crippen LogP contribution in [0.4, 0.5) is 10.5 Å². The van der Waals surface area contributed by atoms with Crippen LogP contribution in [0.5, 0.6) is 0 Å². The van der Waals surface area contributed by atoms with Crippen molar-refractivity contribution in [3.8, 4) is 12.3 Å². The number of nitrogens with zero attached hydrogens (tertiary/aromatic N) is 1. The molecule has 2 N–H and O–H groups in total. The maximum Gasteiger partial charge on any atom is 0.408 e. The Bertz CT molecular complexity index is 1180. The number of rotatable bonds is 12. The lowest BCUT2D eigenvalue weighted by Crippen LogP contribution is -2.53. The third-order valence-electron chi connectivity index (χ3n) is 6.39. The highest BCUT2D eigenvalue weighted by Gasteiger charge is 2.36. The van der Waals surface area contributed by atoms with E-state index in [9.17, 15) is 14.4 Å². The number of thiol groups is 1. The monoisotopic (exact) mass is 565 g/mol. The van der Waals surface area contributed by atoms with Crippen LogP contribution in [-0.2, 0) is 14.3 Å². The van der Waals surface area contributed by atoms with Gasteiger partial charge in [0.25, 0.3) is 5.91 Å². The van der Waals surface area contributed by atoms with Gasteiger partial charge in [0, 0.05) is 23.5 Å². The number of hydrogen-bond acceptors (Lipinski definition) is 5. The Morgan fingerprint density at radius 3 is 2.17 bits per heavy atom. The molecule has 0 saturated carbocycles. The van der Waals surface area contributed by atoms with Gasteiger partial charge < -0.3 is 20.3 Å². The largest absolute Gasteiger partial charge is 0.444 e. The Morgan fingerprint density at radius 1 is 1.02 bits per heavy atom. The normalized spacial score (nSPS) is 12.6. The van der Waals surface area contributed by atoms with Crippen LogP contribution < -0.4 is 10.6 Å². The van der Waals surface area contributed by atoms with E-state index in [1.165, 1.54) is 0 Å². The van der Waals surface area contributed by atoms with Crippen LogP contribution in [0.2, 0.25) is 0 Å². The van der Waals surface area contributed by atoms with E-state index in [2.05, 4.69) is 36.1 Å². The summed E-state index contributed by atoms with van der Waals surface area (Å²) in [5, 5.41) is 5.72. The van der Waals surface area contributed by atoms with Gasteiger partial charge in [-0.3, -0.25) is 9.59 Å². The first-order valence-electron chi connectivity index (χ1n) is 13.8. The zero-order valence-electron chi connectivity index (χ0n) is 24.5. The SMILES string of the molecule is C#Cc1ccc(C(C(=O)Nc2c(C)cccc2C)N(CCCCCC)C(=O)C(CS)NC(=O)OC(C)(C)C)cc1. The van der Waals surface area contributed by atoms with Crippen molar-refractivity contribution < 1.29 is 19.1 Å². The minimum absolute atomic E-state index is 0.0325. The van der Waals surface area contributed by atoms with Crippen molar-refractivity contribution in [3.05, 3.63) is 64.7 Å². The van der Waals surface area contributed by atoms with Crippen LogP contribution in [0, 0.1) is 26.2 Å². The van der Waals surface area contributed by atoms with Crippen molar-refractivity contribution in [2.75, 3.05) is 17.6 Å². The van der Waals surface area contributed by atoms with Crippen molar-refractivity contribution in [2.24, 2.45) is 0 Å². The molecule has 8 heteroatoms. The third kappa shape index (κ3) is 9.63. The molecule has 2 atom stereocenters. The Morgan fingerprint density at radius 2 is 1.65 bits per heavy atom. The zero-order valence-corrected chi connectivity index (χ0v) is 25.4. The molecule has 0 aliphatic heterocycles. The first-order valence-corrected chi connectivity index (χ1v) is 14.4. The topological polar surface area (TPSA) is 87.7 Å². The number of hydrogen-bond donors (Lipinski definition) is 3.